The van der Waals surface area contributed by atoms with Crippen molar-refractivity contribution >= 4 is 6.03 Å². The Balaban J connectivity index is 1.48. The third-order valence-electron chi connectivity index (χ3n) is 4.18. The van der Waals surface area contributed by atoms with Crippen molar-refractivity contribution in [1.82, 2.24) is 20.2 Å². The molecule has 0 unspecified atom stereocenters. The summed E-state index contributed by atoms with van der Waals surface area (Å²) in [6, 6.07) is 10.1. The second-order valence-electron chi connectivity index (χ2n) is 5.82. The maximum Gasteiger partial charge on any atom is 0.315 e. The number of amides is 2. The molecule has 3 rings (SSSR count). The SMILES string of the molecule is O=C(NCc1nccn1Cc1ccccc1)NCC1CCC1. The predicted octanol–water partition coefficient (Wildman–Crippen LogP) is 2.53. The van der Waals surface area contributed by atoms with Crippen LogP contribution in [-0.2, 0) is 13.1 Å². The first-order chi connectivity index (χ1) is 10.8. The monoisotopic (exact) mass is 298 g/mol. The molecule has 1 aromatic heterocycles. The molecule has 5 heteroatoms. The van der Waals surface area contributed by atoms with E-state index in [0.29, 0.717) is 12.5 Å². The van der Waals surface area contributed by atoms with E-state index >= 15 is 0 Å². The van der Waals surface area contributed by atoms with Gasteiger partial charge in [0.05, 0.1) is 6.54 Å². The summed E-state index contributed by atoms with van der Waals surface area (Å²) in [4.78, 5) is 16.1. The lowest BCUT2D eigenvalue weighted by Gasteiger charge is -2.25. The molecule has 1 aliphatic rings. The summed E-state index contributed by atoms with van der Waals surface area (Å²) in [5.74, 6) is 1.54. The summed E-state index contributed by atoms with van der Waals surface area (Å²) in [6.07, 6.45) is 7.48. The van der Waals surface area contributed by atoms with Gasteiger partial charge in [0.2, 0.25) is 0 Å². The summed E-state index contributed by atoms with van der Waals surface area (Å²) >= 11 is 0. The van der Waals surface area contributed by atoms with Gasteiger partial charge in [-0.05, 0) is 24.3 Å². The minimum atomic E-state index is -0.110. The summed E-state index contributed by atoms with van der Waals surface area (Å²) in [5, 5.41) is 5.81. The number of aromatic nitrogens is 2. The normalized spacial score (nSPS) is 14.4. The molecule has 0 saturated heterocycles. The summed E-state index contributed by atoms with van der Waals surface area (Å²) in [6.45, 7) is 1.99. The number of carbonyl (C=O) groups is 1. The van der Waals surface area contributed by atoms with Gasteiger partial charge in [-0.25, -0.2) is 9.78 Å². The predicted molar refractivity (Wildman–Crippen MR) is 85.4 cm³/mol. The number of nitrogens with zero attached hydrogens (tertiary/aromatic N) is 2. The van der Waals surface area contributed by atoms with Crippen molar-refractivity contribution < 1.29 is 4.79 Å². The maximum absolute atomic E-state index is 11.8. The van der Waals surface area contributed by atoms with Gasteiger partial charge in [-0.2, -0.15) is 0 Å². The lowest BCUT2D eigenvalue weighted by Crippen LogP contribution is -2.39. The Morgan fingerprint density at radius 2 is 2.05 bits per heavy atom. The molecular weight excluding hydrogens is 276 g/mol. The third-order valence-corrected chi connectivity index (χ3v) is 4.18. The van der Waals surface area contributed by atoms with Gasteiger partial charge in [0.25, 0.3) is 0 Å². The number of nitrogens with one attached hydrogen (secondary N) is 2. The number of urea groups is 1. The molecule has 1 saturated carbocycles. The first-order valence-electron chi connectivity index (χ1n) is 7.87. The van der Waals surface area contributed by atoms with Crippen LogP contribution in [-0.4, -0.2) is 22.1 Å². The molecule has 2 amide bonds. The van der Waals surface area contributed by atoms with Crippen LogP contribution in [0.3, 0.4) is 0 Å². The average molecular weight is 298 g/mol. The molecule has 2 N–H and O–H groups in total. The van der Waals surface area contributed by atoms with E-state index in [2.05, 4.69) is 32.3 Å². The van der Waals surface area contributed by atoms with Crippen molar-refractivity contribution in [2.75, 3.05) is 6.54 Å². The number of benzene rings is 1. The van der Waals surface area contributed by atoms with E-state index in [0.717, 1.165) is 18.9 Å². The van der Waals surface area contributed by atoms with E-state index < -0.39 is 0 Å². The van der Waals surface area contributed by atoms with E-state index in [-0.39, 0.29) is 6.03 Å². The van der Waals surface area contributed by atoms with E-state index in [1.165, 1.54) is 24.8 Å². The van der Waals surface area contributed by atoms with Gasteiger partial charge < -0.3 is 15.2 Å². The Labute approximate surface area is 130 Å². The molecule has 116 valence electrons. The minimum Gasteiger partial charge on any atom is -0.338 e. The highest BCUT2D eigenvalue weighted by atomic mass is 16.2. The van der Waals surface area contributed by atoms with Gasteiger partial charge in [-0.1, -0.05) is 36.8 Å². The van der Waals surface area contributed by atoms with E-state index in [9.17, 15) is 4.79 Å². The second kappa shape index (κ2) is 7.11. The lowest BCUT2D eigenvalue weighted by molar-refractivity contribution is 0.232. The number of hydrogen-bond donors (Lipinski definition) is 2. The molecule has 1 heterocycles. The third kappa shape index (κ3) is 3.87. The first kappa shape index (κ1) is 14.6. The maximum atomic E-state index is 11.8. The Morgan fingerprint density at radius 1 is 1.23 bits per heavy atom. The van der Waals surface area contributed by atoms with Crippen molar-refractivity contribution in [3.8, 4) is 0 Å². The van der Waals surface area contributed by atoms with E-state index in [1.807, 2.05) is 24.4 Å². The van der Waals surface area contributed by atoms with Crippen molar-refractivity contribution in [1.29, 1.82) is 0 Å². The zero-order valence-corrected chi connectivity index (χ0v) is 12.7. The number of carbonyl (C=O) groups excluding carboxylic acids is 1. The molecule has 0 spiro atoms. The topological polar surface area (TPSA) is 59.0 Å². The van der Waals surface area contributed by atoms with Gasteiger partial charge in [0.15, 0.2) is 0 Å². The van der Waals surface area contributed by atoms with Crippen LogP contribution in [0.25, 0.3) is 0 Å². The van der Waals surface area contributed by atoms with Crippen LogP contribution in [0.2, 0.25) is 0 Å². The average Bonchev–Trinajstić information content (AvgIpc) is 2.92. The van der Waals surface area contributed by atoms with Crippen LogP contribution >= 0.6 is 0 Å². The molecule has 1 fully saturated rings. The molecule has 0 aliphatic heterocycles. The van der Waals surface area contributed by atoms with Gasteiger partial charge >= 0.3 is 6.03 Å². The number of hydrogen-bond acceptors (Lipinski definition) is 2. The zero-order valence-electron chi connectivity index (χ0n) is 12.7. The highest BCUT2D eigenvalue weighted by molar-refractivity contribution is 5.73. The largest absolute Gasteiger partial charge is 0.338 e. The van der Waals surface area contributed by atoms with E-state index in [4.69, 9.17) is 0 Å². The first-order valence-corrected chi connectivity index (χ1v) is 7.87. The molecule has 0 bridgehead atoms. The van der Waals surface area contributed by atoms with Crippen LogP contribution in [0.1, 0.15) is 30.7 Å². The molecule has 0 radical (unpaired) electrons. The Hall–Kier alpha value is -2.30. The van der Waals surface area contributed by atoms with E-state index in [1.54, 1.807) is 6.20 Å². The molecular formula is C17H22N4O. The molecule has 5 nitrogen and oxygen atoms in total. The van der Waals surface area contributed by atoms with Crippen molar-refractivity contribution in [2.24, 2.45) is 5.92 Å². The molecule has 0 atom stereocenters. The minimum absolute atomic E-state index is 0.110. The summed E-state index contributed by atoms with van der Waals surface area (Å²) < 4.78 is 2.06. The number of rotatable bonds is 6. The quantitative estimate of drug-likeness (QED) is 0.861. The highest BCUT2D eigenvalue weighted by Gasteiger charge is 2.17. The smallest absolute Gasteiger partial charge is 0.315 e. The standard InChI is InChI=1S/C17H22N4O/c22-17(19-11-14-7-4-8-14)20-12-16-18-9-10-21(16)13-15-5-2-1-3-6-15/h1-3,5-6,9-10,14H,4,7-8,11-13H2,(H2,19,20,22). The van der Waals surface area contributed by atoms with Crippen LogP contribution in [0.5, 0.6) is 0 Å². The van der Waals surface area contributed by atoms with Crippen molar-refractivity contribution in [3.63, 3.8) is 0 Å². The van der Waals surface area contributed by atoms with Crippen LogP contribution in [0.15, 0.2) is 42.7 Å². The Morgan fingerprint density at radius 3 is 2.77 bits per heavy atom. The fraction of sp³-hybridized carbons (Fsp3) is 0.412. The highest BCUT2D eigenvalue weighted by Crippen LogP contribution is 2.24. The summed E-state index contributed by atoms with van der Waals surface area (Å²) in [7, 11) is 0. The Bertz CT molecular complexity index is 604. The fourth-order valence-corrected chi connectivity index (χ4v) is 2.59. The fourth-order valence-electron chi connectivity index (χ4n) is 2.59. The van der Waals surface area contributed by atoms with Gasteiger partial charge in [-0.3, -0.25) is 0 Å². The van der Waals surface area contributed by atoms with Crippen LogP contribution < -0.4 is 10.6 Å². The molecule has 22 heavy (non-hydrogen) atoms. The van der Waals surface area contributed by atoms with Gasteiger partial charge in [-0.15, -0.1) is 0 Å². The van der Waals surface area contributed by atoms with Gasteiger partial charge in [0, 0.05) is 25.5 Å². The Kier molecular flexibility index (Phi) is 4.73. The molecule has 1 aromatic carbocycles. The second-order valence-corrected chi connectivity index (χ2v) is 5.82. The molecule has 1 aliphatic carbocycles. The summed E-state index contributed by atoms with van der Waals surface area (Å²) in [5.41, 5.74) is 1.22. The van der Waals surface area contributed by atoms with Crippen molar-refractivity contribution in [2.45, 2.75) is 32.4 Å². The van der Waals surface area contributed by atoms with Crippen LogP contribution in [0, 0.1) is 5.92 Å². The van der Waals surface area contributed by atoms with Crippen molar-refractivity contribution in [3.05, 3.63) is 54.1 Å². The zero-order chi connectivity index (χ0) is 15.2. The van der Waals surface area contributed by atoms with Crippen LogP contribution in [0.4, 0.5) is 4.79 Å². The molecule has 2 aromatic rings. The lowest BCUT2D eigenvalue weighted by atomic mass is 9.85. The number of imidazole rings is 1. The van der Waals surface area contributed by atoms with Gasteiger partial charge in [0.1, 0.15) is 5.82 Å².